The molecule has 1 aromatic rings. The predicted molar refractivity (Wildman–Crippen MR) is 53.4 cm³/mol. The summed E-state index contributed by atoms with van der Waals surface area (Å²) in [5.41, 5.74) is -0.267. The van der Waals surface area contributed by atoms with E-state index in [0.29, 0.717) is 0 Å². The maximum Gasteiger partial charge on any atom is 0.411 e. The molecule has 0 atom stereocenters. The summed E-state index contributed by atoms with van der Waals surface area (Å²) < 4.78 is 44.5. The van der Waals surface area contributed by atoms with E-state index in [1.807, 2.05) is 20.8 Å². The van der Waals surface area contributed by atoms with E-state index in [4.69, 9.17) is 4.52 Å². The quantitative estimate of drug-likeness (QED) is 0.892. The first-order valence-corrected chi connectivity index (χ1v) is 4.91. The highest BCUT2D eigenvalue weighted by molar-refractivity contribution is 5.22. The van der Waals surface area contributed by atoms with Crippen molar-refractivity contribution in [2.75, 3.05) is 11.9 Å². The Morgan fingerprint density at radius 1 is 1.29 bits per heavy atom. The highest BCUT2D eigenvalue weighted by Crippen LogP contribution is 2.16. The summed E-state index contributed by atoms with van der Waals surface area (Å²) in [6.45, 7) is 3.99. The number of nitrogens with zero attached hydrogens (tertiary/aromatic N) is 2. The number of rotatable bonds is 4. The van der Waals surface area contributed by atoms with Crippen LogP contribution in [-0.2, 0) is 11.3 Å². The molecular formula is C9H14F3N3O2. The lowest BCUT2D eigenvalue weighted by Crippen LogP contribution is -2.26. The minimum Gasteiger partial charge on any atom is -0.364 e. The van der Waals surface area contributed by atoms with Crippen molar-refractivity contribution in [1.82, 2.24) is 10.1 Å². The highest BCUT2D eigenvalue weighted by Gasteiger charge is 2.27. The summed E-state index contributed by atoms with van der Waals surface area (Å²) in [5.74, 6) is 0.0704. The molecule has 1 aromatic heterocycles. The molecule has 0 amide bonds. The normalized spacial score (nSPS) is 12.8. The van der Waals surface area contributed by atoms with Crippen LogP contribution in [0.5, 0.6) is 0 Å². The highest BCUT2D eigenvalue weighted by atomic mass is 19.4. The fraction of sp³-hybridized carbons (Fsp3) is 0.778. The number of hydrogen-bond acceptors (Lipinski definition) is 5. The van der Waals surface area contributed by atoms with Gasteiger partial charge in [0.05, 0.1) is 0 Å². The summed E-state index contributed by atoms with van der Waals surface area (Å²) in [6.07, 6.45) is -4.35. The van der Waals surface area contributed by atoms with Crippen molar-refractivity contribution in [1.29, 1.82) is 0 Å². The van der Waals surface area contributed by atoms with Gasteiger partial charge in [0.2, 0.25) is 0 Å². The first kappa shape index (κ1) is 13.8. The first-order valence-electron chi connectivity index (χ1n) is 4.91. The van der Waals surface area contributed by atoms with Gasteiger partial charge in [0.25, 0.3) is 0 Å². The van der Waals surface area contributed by atoms with Gasteiger partial charge < -0.3 is 14.6 Å². The standard InChI is InChI=1S/C9H14F3N3O2/c1-8(2,3)14-7-13-6(15-17-7)4-16-5-9(10,11)12/h4-5H2,1-3H3,(H,13,14,15). The third-order valence-corrected chi connectivity index (χ3v) is 1.45. The van der Waals surface area contributed by atoms with Crippen LogP contribution in [-0.4, -0.2) is 28.5 Å². The van der Waals surface area contributed by atoms with Crippen molar-refractivity contribution in [3.8, 4) is 0 Å². The molecule has 0 saturated heterocycles. The second-order valence-corrected chi connectivity index (χ2v) is 4.50. The summed E-state index contributed by atoms with van der Waals surface area (Å²) in [6, 6.07) is 0.156. The molecule has 0 bridgehead atoms. The molecule has 1 N–H and O–H groups in total. The van der Waals surface area contributed by atoms with Gasteiger partial charge in [0, 0.05) is 5.54 Å². The number of anilines is 1. The van der Waals surface area contributed by atoms with Crippen LogP contribution in [0.25, 0.3) is 0 Å². The lowest BCUT2D eigenvalue weighted by Gasteiger charge is -2.17. The number of nitrogens with one attached hydrogen (secondary N) is 1. The Bertz CT molecular complexity index is 357. The van der Waals surface area contributed by atoms with E-state index in [1.165, 1.54) is 0 Å². The van der Waals surface area contributed by atoms with Crippen LogP contribution in [0.4, 0.5) is 19.2 Å². The Morgan fingerprint density at radius 2 is 1.94 bits per heavy atom. The van der Waals surface area contributed by atoms with Crippen molar-refractivity contribution >= 4 is 6.01 Å². The van der Waals surface area contributed by atoms with Crippen molar-refractivity contribution in [3.63, 3.8) is 0 Å². The molecule has 0 aromatic carbocycles. The molecule has 5 nitrogen and oxygen atoms in total. The molecule has 0 aliphatic rings. The van der Waals surface area contributed by atoms with Crippen LogP contribution in [0.1, 0.15) is 26.6 Å². The molecule has 0 unspecified atom stereocenters. The van der Waals surface area contributed by atoms with Crippen LogP contribution < -0.4 is 5.32 Å². The van der Waals surface area contributed by atoms with Gasteiger partial charge in [0.1, 0.15) is 13.2 Å². The SMILES string of the molecule is CC(C)(C)Nc1nc(COCC(F)(F)F)no1. The molecule has 1 rings (SSSR count). The Hall–Kier alpha value is -1.31. The molecule has 8 heteroatoms. The molecule has 0 saturated carbocycles. The zero-order chi connectivity index (χ0) is 13.1. The van der Waals surface area contributed by atoms with Crippen LogP contribution in [0.15, 0.2) is 4.52 Å². The topological polar surface area (TPSA) is 60.2 Å². The van der Waals surface area contributed by atoms with Crippen LogP contribution in [0.2, 0.25) is 0 Å². The van der Waals surface area contributed by atoms with Crippen molar-refractivity contribution < 1.29 is 22.4 Å². The van der Waals surface area contributed by atoms with Crippen molar-refractivity contribution in [2.24, 2.45) is 0 Å². The number of ether oxygens (including phenoxy) is 1. The summed E-state index contributed by atoms with van der Waals surface area (Å²) in [7, 11) is 0. The van der Waals surface area contributed by atoms with Crippen molar-refractivity contribution in [3.05, 3.63) is 5.82 Å². The smallest absolute Gasteiger partial charge is 0.364 e. The molecule has 98 valence electrons. The second kappa shape index (κ2) is 4.91. The Kier molecular flexibility index (Phi) is 3.97. The predicted octanol–water partition coefficient (Wildman–Crippen LogP) is 2.36. The molecule has 0 radical (unpaired) electrons. The average molecular weight is 253 g/mol. The van der Waals surface area contributed by atoms with Gasteiger partial charge >= 0.3 is 12.2 Å². The lowest BCUT2D eigenvalue weighted by atomic mass is 10.1. The molecule has 0 aliphatic carbocycles. The zero-order valence-corrected chi connectivity index (χ0v) is 9.76. The van der Waals surface area contributed by atoms with E-state index in [2.05, 4.69) is 20.2 Å². The number of halogens is 3. The molecule has 0 fully saturated rings. The van der Waals surface area contributed by atoms with E-state index in [0.717, 1.165) is 0 Å². The fourth-order valence-corrected chi connectivity index (χ4v) is 0.942. The van der Waals surface area contributed by atoms with Gasteiger partial charge in [-0.05, 0) is 20.8 Å². The molecular weight excluding hydrogens is 239 g/mol. The first-order chi connectivity index (χ1) is 7.66. The van der Waals surface area contributed by atoms with E-state index in [-0.39, 0.29) is 24.0 Å². The maximum absolute atomic E-state index is 11.8. The van der Waals surface area contributed by atoms with Crippen LogP contribution >= 0.6 is 0 Å². The second-order valence-electron chi connectivity index (χ2n) is 4.50. The molecule has 17 heavy (non-hydrogen) atoms. The van der Waals surface area contributed by atoms with E-state index in [1.54, 1.807) is 0 Å². The van der Waals surface area contributed by atoms with Gasteiger partial charge in [-0.15, -0.1) is 0 Å². The lowest BCUT2D eigenvalue weighted by molar-refractivity contribution is -0.177. The summed E-state index contributed by atoms with van der Waals surface area (Å²) in [5, 5.41) is 6.37. The number of hydrogen-bond donors (Lipinski definition) is 1. The van der Waals surface area contributed by atoms with Gasteiger partial charge in [-0.25, -0.2) is 0 Å². The van der Waals surface area contributed by atoms with Crippen LogP contribution in [0, 0.1) is 0 Å². The zero-order valence-electron chi connectivity index (χ0n) is 9.76. The Labute approximate surface area is 96.3 Å². The van der Waals surface area contributed by atoms with E-state index >= 15 is 0 Å². The monoisotopic (exact) mass is 253 g/mol. The fourth-order valence-electron chi connectivity index (χ4n) is 0.942. The van der Waals surface area contributed by atoms with E-state index < -0.39 is 12.8 Å². The molecule has 1 heterocycles. The van der Waals surface area contributed by atoms with E-state index in [9.17, 15) is 13.2 Å². The maximum atomic E-state index is 11.8. The minimum atomic E-state index is -4.35. The average Bonchev–Trinajstić information content (AvgIpc) is 2.46. The molecule has 0 aliphatic heterocycles. The number of aromatic nitrogens is 2. The van der Waals surface area contributed by atoms with Gasteiger partial charge in [0.15, 0.2) is 5.82 Å². The van der Waals surface area contributed by atoms with Crippen LogP contribution in [0.3, 0.4) is 0 Å². The summed E-state index contributed by atoms with van der Waals surface area (Å²) >= 11 is 0. The largest absolute Gasteiger partial charge is 0.411 e. The number of alkyl halides is 3. The van der Waals surface area contributed by atoms with Gasteiger partial charge in [-0.2, -0.15) is 18.2 Å². The Balaban J connectivity index is 2.41. The molecule has 0 spiro atoms. The van der Waals surface area contributed by atoms with Gasteiger partial charge in [-0.3, -0.25) is 0 Å². The summed E-state index contributed by atoms with van der Waals surface area (Å²) in [4.78, 5) is 3.83. The third-order valence-electron chi connectivity index (χ3n) is 1.45. The Morgan fingerprint density at radius 3 is 2.47 bits per heavy atom. The minimum absolute atomic E-state index is 0.0704. The third kappa shape index (κ3) is 6.10. The van der Waals surface area contributed by atoms with Crippen molar-refractivity contribution in [2.45, 2.75) is 39.1 Å². The van der Waals surface area contributed by atoms with Gasteiger partial charge in [-0.1, -0.05) is 5.16 Å².